The van der Waals surface area contributed by atoms with Gasteiger partial charge in [0.15, 0.2) is 0 Å². The van der Waals surface area contributed by atoms with E-state index in [-0.39, 0.29) is 10.8 Å². The summed E-state index contributed by atoms with van der Waals surface area (Å²) in [5.41, 5.74) is 23.6. The first kappa shape index (κ1) is 36.8. The van der Waals surface area contributed by atoms with Crippen molar-refractivity contribution in [3.05, 3.63) is 235 Å². The Morgan fingerprint density at radius 2 is 0.721 bits per heavy atom. The summed E-state index contributed by atoms with van der Waals surface area (Å²) in [6.45, 7) is 9.49. The molecule has 0 heterocycles. The van der Waals surface area contributed by atoms with Crippen LogP contribution in [0.5, 0.6) is 0 Å². The highest BCUT2D eigenvalue weighted by molar-refractivity contribution is 6.04. The molecular weight excluding hydrogens is 735 g/mol. The molecule has 0 bridgehead atoms. The molecule has 11 rings (SSSR count). The monoisotopic (exact) mass is 781 g/mol. The topological polar surface area (TPSA) is 3.24 Å². The van der Waals surface area contributed by atoms with Crippen LogP contribution in [-0.2, 0) is 10.8 Å². The van der Waals surface area contributed by atoms with Crippen LogP contribution in [0, 0.1) is 0 Å². The molecule has 0 aromatic heterocycles. The van der Waals surface area contributed by atoms with Crippen LogP contribution >= 0.6 is 0 Å². The molecule has 0 spiro atoms. The number of fused-ring (bicyclic) bond motifs is 6. The minimum Gasteiger partial charge on any atom is -0.309 e. The summed E-state index contributed by atoms with van der Waals surface area (Å²) in [6, 6.07) is 78.5. The Labute approximate surface area is 360 Å². The lowest BCUT2D eigenvalue weighted by Crippen LogP contribution is -2.16. The molecule has 0 fully saturated rings. The zero-order chi connectivity index (χ0) is 41.3. The van der Waals surface area contributed by atoms with Gasteiger partial charge in [-0.1, -0.05) is 216 Å². The Morgan fingerprint density at radius 3 is 1.41 bits per heavy atom. The predicted molar refractivity (Wildman–Crippen MR) is 258 cm³/mol. The molecule has 0 saturated heterocycles. The van der Waals surface area contributed by atoms with Crippen molar-refractivity contribution in [2.75, 3.05) is 4.90 Å². The maximum absolute atomic E-state index is 2.54. The van der Waals surface area contributed by atoms with E-state index in [0.29, 0.717) is 0 Å². The second kappa shape index (κ2) is 14.2. The fraction of sp³-hybridized carbons (Fsp3) is 0.100. The Hall–Kier alpha value is -7.22. The summed E-state index contributed by atoms with van der Waals surface area (Å²) in [5.74, 6) is 0. The van der Waals surface area contributed by atoms with Gasteiger partial charge in [0.05, 0.1) is 11.4 Å². The molecule has 292 valence electrons. The minimum atomic E-state index is -0.149. The van der Waals surface area contributed by atoms with Gasteiger partial charge in [-0.2, -0.15) is 0 Å². The second-order valence-electron chi connectivity index (χ2n) is 17.6. The standard InChI is InChI=1S/C60H47N/c1-59(2)52-32-16-14-27-50(52)57-53(59)33-19-35-55(57)61(43-38-36-42(37-39-43)46-29-17-30-49-47-25-13-15-31-51(47)60(3,4)58(46)49)54-34-18-28-45(41-22-9-6-10-23-41)56(54)48-26-12-11-24-44(48)40-20-7-5-8-21-40/h5-39H,1-4H3. The molecule has 9 aromatic rings. The van der Waals surface area contributed by atoms with Gasteiger partial charge in [-0.15, -0.1) is 0 Å². The lowest BCUT2D eigenvalue weighted by molar-refractivity contribution is 0.660. The second-order valence-corrected chi connectivity index (χ2v) is 17.6. The first-order chi connectivity index (χ1) is 29.8. The maximum atomic E-state index is 2.54. The smallest absolute Gasteiger partial charge is 0.0546 e. The van der Waals surface area contributed by atoms with Crippen LogP contribution in [0.4, 0.5) is 17.1 Å². The van der Waals surface area contributed by atoms with E-state index in [9.17, 15) is 0 Å². The van der Waals surface area contributed by atoms with Crippen LogP contribution in [0.15, 0.2) is 212 Å². The number of nitrogens with zero attached hydrogens (tertiary/aromatic N) is 1. The fourth-order valence-corrected chi connectivity index (χ4v) is 10.6. The van der Waals surface area contributed by atoms with Crippen LogP contribution < -0.4 is 4.90 Å². The molecule has 9 aromatic carbocycles. The molecule has 0 N–H and O–H groups in total. The lowest BCUT2D eigenvalue weighted by atomic mass is 9.79. The van der Waals surface area contributed by atoms with Crippen molar-refractivity contribution in [1.82, 2.24) is 0 Å². The van der Waals surface area contributed by atoms with Gasteiger partial charge in [0.25, 0.3) is 0 Å². The molecule has 0 amide bonds. The summed E-state index contributed by atoms with van der Waals surface area (Å²) in [5, 5.41) is 0. The minimum absolute atomic E-state index is 0.114. The molecule has 2 aliphatic carbocycles. The Balaban J connectivity index is 1.18. The van der Waals surface area contributed by atoms with Crippen molar-refractivity contribution in [2.45, 2.75) is 38.5 Å². The highest BCUT2D eigenvalue weighted by Crippen LogP contribution is 2.57. The van der Waals surface area contributed by atoms with Crippen LogP contribution in [0.3, 0.4) is 0 Å². The summed E-state index contributed by atoms with van der Waals surface area (Å²) in [7, 11) is 0. The highest BCUT2D eigenvalue weighted by Gasteiger charge is 2.39. The summed E-state index contributed by atoms with van der Waals surface area (Å²) in [6.07, 6.45) is 0. The number of rotatable bonds is 7. The van der Waals surface area contributed by atoms with E-state index in [4.69, 9.17) is 0 Å². The molecule has 0 aliphatic heterocycles. The molecule has 0 atom stereocenters. The first-order valence-corrected chi connectivity index (χ1v) is 21.5. The van der Waals surface area contributed by atoms with Gasteiger partial charge in [0.2, 0.25) is 0 Å². The summed E-state index contributed by atoms with van der Waals surface area (Å²) < 4.78 is 0. The molecular formula is C60H47N. The van der Waals surface area contributed by atoms with E-state index in [1.165, 1.54) is 94.7 Å². The van der Waals surface area contributed by atoms with Crippen molar-refractivity contribution in [1.29, 1.82) is 0 Å². The zero-order valence-corrected chi connectivity index (χ0v) is 35.2. The van der Waals surface area contributed by atoms with E-state index >= 15 is 0 Å². The molecule has 61 heavy (non-hydrogen) atoms. The van der Waals surface area contributed by atoms with E-state index < -0.39 is 0 Å². The van der Waals surface area contributed by atoms with Gasteiger partial charge < -0.3 is 4.90 Å². The molecule has 0 saturated carbocycles. The quantitative estimate of drug-likeness (QED) is 0.156. The van der Waals surface area contributed by atoms with Gasteiger partial charge in [-0.05, 0) is 102 Å². The predicted octanol–water partition coefficient (Wildman–Crippen LogP) is 16.4. The lowest BCUT2D eigenvalue weighted by Gasteiger charge is -2.32. The van der Waals surface area contributed by atoms with E-state index in [1.807, 2.05) is 0 Å². The molecule has 2 aliphatic rings. The van der Waals surface area contributed by atoms with E-state index in [0.717, 1.165) is 11.4 Å². The summed E-state index contributed by atoms with van der Waals surface area (Å²) in [4.78, 5) is 2.54. The van der Waals surface area contributed by atoms with Gasteiger partial charge in [-0.25, -0.2) is 0 Å². The maximum Gasteiger partial charge on any atom is 0.0546 e. The van der Waals surface area contributed by atoms with Crippen molar-refractivity contribution in [3.8, 4) is 66.8 Å². The third-order valence-electron chi connectivity index (χ3n) is 13.5. The third kappa shape index (κ3) is 5.76. The normalized spacial score (nSPS) is 13.8. The fourth-order valence-electron chi connectivity index (χ4n) is 10.6. The van der Waals surface area contributed by atoms with Crippen molar-refractivity contribution in [3.63, 3.8) is 0 Å². The van der Waals surface area contributed by atoms with Gasteiger partial charge >= 0.3 is 0 Å². The van der Waals surface area contributed by atoms with Crippen LogP contribution in [0.25, 0.3) is 66.8 Å². The summed E-state index contributed by atoms with van der Waals surface area (Å²) >= 11 is 0. The SMILES string of the molecule is CC1(C)c2ccccc2-c2c(N(c3ccc(-c4cccc5c4C(C)(C)c4ccccc4-5)cc3)c3cccc(-c4ccccc4)c3-c3ccccc3-c3ccccc3)cccc21. The Morgan fingerprint density at radius 1 is 0.279 bits per heavy atom. The van der Waals surface area contributed by atoms with Crippen LogP contribution in [0.2, 0.25) is 0 Å². The first-order valence-electron chi connectivity index (χ1n) is 21.5. The van der Waals surface area contributed by atoms with Crippen molar-refractivity contribution >= 4 is 17.1 Å². The molecule has 1 heteroatoms. The van der Waals surface area contributed by atoms with Gasteiger partial charge in [-0.3, -0.25) is 0 Å². The average molecular weight is 782 g/mol. The Kier molecular flexibility index (Phi) is 8.58. The number of anilines is 3. The Bertz CT molecular complexity index is 3120. The molecule has 0 unspecified atom stereocenters. The van der Waals surface area contributed by atoms with Gasteiger partial charge in [0, 0.05) is 27.6 Å². The molecule has 1 nitrogen and oxygen atoms in total. The van der Waals surface area contributed by atoms with Crippen molar-refractivity contribution < 1.29 is 0 Å². The van der Waals surface area contributed by atoms with Crippen LogP contribution in [-0.4, -0.2) is 0 Å². The van der Waals surface area contributed by atoms with Crippen LogP contribution in [0.1, 0.15) is 49.9 Å². The van der Waals surface area contributed by atoms with Crippen molar-refractivity contribution in [2.24, 2.45) is 0 Å². The van der Waals surface area contributed by atoms with Gasteiger partial charge in [0.1, 0.15) is 0 Å². The molecule has 0 radical (unpaired) electrons. The average Bonchev–Trinajstić information content (AvgIpc) is 3.70. The number of hydrogen-bond donors (Lipinski definition) is 0. The number of hydrogen-bond acceptors (Lipinski definition) is 1. The zero-order valence-electron chi connectivity index (χ0n) is 35.2. The third-order valence-corrected chi connectivity index (χ3v) is 13.5. The van der Waals surface area contributed by atoms with E-state index in [2.05, 4.69) is 245 Å². The number of benzene rings is 9. The highest BCUT2D eigenvalue weighted by atomic mass is 15.1. The largest absolute Gasteiger partial charge is 0.309 e. The van der Waals surface area contributed by atoms with E-state index in [1.54, 1.807) is 0 Å².